The van der Waals surface area contributed by atoms with Gasteiger partial charge < -0.3 is 19.4 Å². The number of amides is 1. The van der Waals surface area contributed by atoms with Crippen molar-refractivity contribution in [3.8, 4) is 22.8 Å². The van der Waals surface area contributed by atoms with Gasteiger partial charge in [0.1, 0.15) is 0 Å². The molecule has 0 saturated carbocycles. The van der Waals surface area contributed by atoms with Gasteiger partial charge in [-0.05, 0) is 37.3 Å². The minimum atomic E-state index is -0.294. The number of methoxy groups -OCH3 is 1. The van der Waals surface area contributed by atoms with E-state index in [9.17, 15) is 9.59 Å². The Hall–Kier alpha value is -3.26. The maximum absolute atomic E-state index is 12.3. The summed E-state index contributed by atoms with van der Waals surface area (Å²) in [7, 11) is 1.49. The Labute approximate surface area is 178 Å². The summed E-state index contributed by atoms with van der Waals surface area (Å²) in [6.45, 7) is 2.29. The highest BCUT2D eigenvalue weighted by molar-refractivity contribution is 7.99. The number of anilines is 1. The first-order valence-corrected chi connectivity index (χ1v) is 10.4. The fourth-order valence-electron chi connectivity index (χ4n) is 3.12. The van der Waals surface area contributed by atoms with Crippen molar-refractivity contribution in [3.05, 3.63) is 54.2 Å². The molecular formula is C22H21N3O4S. The summed E-state index contributed by atoms with van der Waals surface area (Å²) in [5, 5.41) is 3.86. The Balaban J connectivity index is 1.35. The highest BCUT2D eigenvalue weighted by Crippen LogP contribution is 2.30. The monoisotopic (exact) mass is 423 g/mol. The zero-order chi connectivity index (χ0) is 21.1. The number of rotatable bonds is 7. The van der Waals surface area contributed by atoms with Gasteiger partial charge in [-0.15, -0.1) is 0 Å². The largest absolute Gasteiger partial charge is 0.493 e. The molecule has 1 aromatic heterocycles. The summed E-state index contributed by atoms with van der Waals surface area (Å²) in [5.41, 5.74) is 3.12. The number of ketones is 1. The average Bonchev–Trinajstić information content (AvgIpc) is 3.35. The molecule has 1 aliphatic rings. The molecule has 7 nitrogen and oxygen atoms in total. The van der Waals surface area contributed by atoms with Crippen molar-refractivity contribution >= 4 is 29.1 Å². The van der Waals surface area contributed by atoms with Crippen LogP contribution < -0.4 is 14.8 Å². The van der Waals surface area contributed by atoms with E-state index < -0.39 is 0 Å². The first-order valence-electron chi connectivity index (χ1n) is 9.45. The number of hydrogen-bond acceptors (Lipinski definition) is 6. The first kappa shape index (κ1) is 20.0. The molecule has 0 saturated heterocycles. The lowest BCUT2D eigenvalue weighted by Crippen LogP contribution is -2.20. The molecule has 0 bridgehead atoms. The molecule has 0 fully saturated rings. The Morgan fingerprint density at radius 3 is 2.67 bits per heavy atom. The number of carbonyl (C=O) groups excluding carboxylic acids is 2. The first-order chi connectivity index (χ1) is 14.5. The normalized spacial score (nSPS) is 12.3. The van der Waals surface area contributed by atoms with Crippen molar-refractivity contribution in [2.75, 3.05) is 24.8 Å². The van der Waals surface area contributed by atoms with E-state index in [0.717, 1.165) is 28.7 Å². The number of nitrogens with zero attached hydrogens (tertiary/aromatic N) is 2. The summed E-state index contributed by atoms with van der Waals surface area (Å²) in [4.78, 5) is 28.4. The molecule has 30 heavy (non-hydrogen) atoms. The maximum atomic E-state index is 12.3. The van der Waals surface area contributed by atoms with Crippen LogP contribution >= 0.6 is 11.8 Å². The van der Waals surface area contributed by atoms with Crippen molar-refractivity contribution in [3.63, 3.8) is 0 Å². The molecule has 1 aliphatic heterocycles. The Morgan fingerprint density at radius 2 is 1.97 bits per heavy atom. The highest BCUT2D eigenvalue weighted by Gasteiger charge is 2.15. The smallest absolute Gasteiger partial charge is 0.262 e. The van der Waals surface area contributed by atoms with Crippen LogP contribution in [-0.4, -0.2) is 40.7 Å². The SMILES string of the molecule is COc1cc(C(C)=O)ccc1OCC(=O)Nc1ccc(-c2cn3c(n2)SCC3)cc1. The van der Waals surface area contributed by atoms with Gasteiger partial charge in [-0.1, -0.05) is 23.9 Å². The lowest BCUT2D eigenvalue weighted by molar-refractivity contribution is -0.118. The van der Waals surface area contributed by atoms with Crippen LogP contribution in [0.25, 0.3) is 11.3 Å². The number of aromatic nitrogens is 2. The lowest BCUT2D eigenvalue weighted by atomic mass is 10.1. The minimum Gasteiger partial charge on any atom is -0.493 e. The minimum absolute atomic E-state index is 0.0695. The maximum Gasteiger partial charge on any atom is 0.262 e. The Bertz CT molecular complexity index is 1070. The molecule has 1 N–H and O–H groups in total. The van der Waals surface area contributed by atoms with Crippen LogP contribution in [0.5, 0.6) is 11.5 Å². The van der Waals surface area contributed by atoms with Gasteiger partial charge in [0, 0.05) is 35.3 Å². The van der Waals surface area contributed by atoms with Crippen molar-refractivity contribution < 1.29 is 19.1 Å². The molecule has 2 heterocycles. The van der Waals surface area contributed by atoms with Crippen molar-refractivity contribution in [2.24, 2.45) is 0 Å². The summed E-state index contributed by atoms with van der Waals surface area (Å²) >= 11 is 1.76. The van der Waals surface area contributed by atoms with Gasteiger partial charge in [0.2, 0.25) is 0 Å². The molecule has 0 aliphatic carbocycles. The number of Topliss-reactive ketones (excluding diaryl/α,β-unsaturated/α-hetero) is 1. The third-order valence-corrected chi connectivity index (χ3v) is 5.67. The van der Waals surface area contributed by atoms with E-state index in [4.69, 9.17) is 9.47 Å². The topological polar surface area (TPSA) is 82.5 Å². The van der Waals surface area contributed by atoms with Gasteiger partial charge in [0.15, 0.2) is 29.0 Å². The van der Waals surface area contributed by atoms with Crippen molar-refractivity contribution in [1.82, 2.24) is 9.55 Å². The summed E-state index contributed by atoms with van der Waals surface area (Å²) in [5.74, 6) is 1.52. The van der Waals surface area contributed by atoms with Crippen molar-refractivity contribution in [1.29, 1.82) is 0 Å². The third-order valence-electron chi connectivity index (χ3n) is 4.70. The van der Waals surface area contributed by atoms with E-state index >= 15 is 0 Å². The zero-order valence-electron chi connectivity index (χ0n) is 16.7. The predicted octanol–water partition coefficient (Wildman–Crippen LogP) is 3.88. The second kappa shape index (κ2) is 8.62. The number of fused-ring (bicyclic) bond motifs is 1. The number of nitrogens with one attached hydrogen (secondary N) is 1. The molecule has 0 unspecified atom stereocenters. The van der Waals surface area contributed by atoms with Gasteiger partial charge in [-0.2, -0.15) is 0 Å². The standard InChI is InChI=1S/C22H21N3O4S/c1-14(26)16-5-8-19(20(11-16)28-2)29-13-21(27)23-17-6-3-15(4-7-17)18-12-25-9-10-30-22(25)24-18/h3-8,11-12H,9-10,13H2,1-2H3,(H,23,27). The van der Waals surface area contributed by atoms with Crippen LogP contribution in [0.3, 0.4) is 0 Å². The van der Waals surface area contributed by atoms with E-state index in [2.05, 4.69) is 21.1 Å². The fourth-order valence-corrected chi connectivity index (χ4v) is 4.06. The Morgan fingerprint density at radius 1 is 1.17 bits per heavy atom. The molecule has 3 aromatic rings. The van der Waals surface area contributed by atoms with Crippen LogP contribution in [0.15, 0.2) is 53.8 Å². The number of carbonyl (C=O) groups is 2. The molecule has 8 heteroatoms. The fraction of sp³-hybridized carbons (Fsp3) is 0.227. The summed E-state index contributed by atoms with van der Waals surface area (Å²) in [6.07, 6.45) is 2.06. The van der Waals surface area contributed by atoms with Crippen LogP contribution in [0.1, 0.15) is 17.3 Å². The number of aryl methyl sites for hydroxylation is 1. The van der Waals surface area contributed by atoms with Crippen LogP contribution in [0.4, 0.5) is 5.69 Å². The van der Waals surface area contributed by atoms with Crippen LogP contribution in [0.2, 0.25) is 0 Å². The zero-order valence-corrected chi connectivity index (χ0v) is 17.5. The van der Waals surface area contributed by atoms with E-state index in [-0.39, 0.29) is 18.3 Å². The quantitative estimate of drug-likeness (QED) is 0.581. The Kier molecular flexibility index (Phi) is 5.76. The van der Waals surface area contributed by atoms with Gasteiger partial charge in [-0.3, -0.25) is 9.59 Å². The summed E-state index contributed by atoms with van der Waals surface area (Å²) in [6, 6.07) is 12.4. The van der Waals surface area contributed by atoms with Gasteiger partial charge >= 0.3 is 0 Å². The van der Waals surface area contributed by atoms with Crippen LogP contribution in [-0.2, 0) is 11.3 Å². The lowest BCUT2D eigenvalue weighted by Gasteiger charge is -2.12. The molecule has 0 radical (unpaired) electrons. The number of hydrogen-bond donors (Lipinski definition) is 1. The number of ether oxygens (including phenoxy) is 2. The third kappa shape index (κ3) is 4.33. The van der Waals surface area contributed by atoms with Crippen molar-refractivity contribution in [2.45, 2.75) is 18.6 Å². The second-order valence-corrected chi connectivity index (χ2v) is 7.85. The van der Waals surface area contributed by atoms with E-state index in [1.54, 1.807) is 30.0 Å². The van der Waals surface area contributed by atoms with Gasteiger partial charge in [0.25, 0.3) is 5.91 Å². The molecule has 1 amide bonds. The molecule has 154 valence electrons. The average molecular weight is 423 g/mol. The molecular weight excluding hydrogens is 402 g/mol. The van der Waals surface area contributed by atoms with E-state index in [0.29, 0.717) is 22.7 Å². The van der Waals surface area contributed by atoms with Crippen LogP contribution in [0, 0.1) is 0 Å². The molecule has 4 rings (SSSR count). The predicted molar refractivity (Wildman–Crippen MR) is 116 cm³/mol. The molecule has 0 atom stereocenters. The number of imidazole rings is 1. The van der Waals surface area contributed by atoms with E-state index in [1.165, 1.54) is 14.0 Å². The number of thioether (sulfide) groups is 1. The summed E-state index contributed by atoms with van der Waals surface area (Å²) < 4.78 is 13.0. The van der Waals surface area contributed by atoms with Gasteiger partial charge in [-0.25, -0.2) is 4.98 Å². The molecule has 0 spiro atoms. The van der Waals surface area contributed by atoms with Gasteiger partial charge in [0.05, 0.1) is 12.8 Å². The highest BCUT2D eigenvalue weighted by atomic mass is 32.2. The molecule has 2 aromatic carbocycles. The van der Waals surface area contributed by atoms with E-state index in [1.807, 2.05) is 24.3 Å². The number of benzene rings is 2. The second-order valence-electron chi connectivity index (χ2n) is 6.79.